The third-order valence-corrected chi connectivity index (χ3v) is 6.00. The van der Waals surface area contributed by atoms with Crippen molar-refractivity contribution < 1.29 is 0 Å². The number of anilines is 2. The van der Waals surface area contributed by atoms with E-state index in [2.05, 4.69) is 79.4 Å². The first-order chi connectivity index (χ1) is 14.7. The van der Waals surface area contributed by atoms with Crippen molar-refractivity contribution in [1.29, 1.82) is 0 Å². The Kier molecular flexibility index (Phi) is 6.69. The largest absolute Gasteiger partial charge is 0.368 e. The minimum Gasteiger partial charge on any atom is -0.368 e. The van der Waals surface area contributed by atoms with E-state index in [-0.39, 0.29) is 0 Å². The molecule has 0 unspecified atom stereocenters. The molecule has 1 aromatic carbocycles. The minimum absolute atomic E-state index is 0.738. The van der Waals surface area contributed by atoms with E-state index < -0.39 is 0 Å². The second-order valence-corrected chi connectivity index (χ2v) is 8.03. The van der Waals surface area contributed by atoms with Crippen molar-refractivity contribution in [3.63, 3.8) is 0 Å². The SMILES string of the molecule is CN=C(NCc1ccc(N2CCN(C)CC2)nc1)N1CCN(c2ccccc2)CC1. The molecule has 1 aromatic heterocycles. The molecular weight excluding hydrogens is 374 g/mol. The average Bonchev–Trinajstić information content (AvgIpc) is 2.81. The smallest absolute Gasteiger partial charge is 0.194 e. The maximum atomic E-state index is 4.69. The van der Waals surface area contributed by atoms with Crippen LogP contribution in [0.4, 0.5) is 11.5 Å². The molecule has 3 heterocycles. The number of pyridine rings is 1. The Morgan fingerprint density at radius 3 is 2.23 bits per heavy atom. The Bertz CT molecular complexity index is 805. The predicted molar refractivity (Wildman–Crippen MR) is 124 cm³/mol. The summed E-state index contributed by atoms with van der Waals surface area (Å²) in [4.78, 5) is 18.7. The van der Waals surface area contributed by atoms with Crippen LogP contribution in [0.15, 0.2) is 53.7 Å². The minimum atomic E-state index is 0.738. The number of guanidine groups is 1. The first-order valence-electron chi connectivity index (χ1n) is 10.9. The number of nitrogens with one attached hydrogen (secondary N) is 1. The van der Waals surface area contributed by atoms with Crippen molar-refractivity contribution in [2.45, 2.75) is 6.54 Å². The maximum Gasteiger partial charge on any atom is 0.194 e. The van der Waals surface area contributed by atoms with Crippen LogP contribution in [0.25, 0.3) is 0 Å². The van der Waals surface area contributed by atoms with Crippen molar-refractivity contribution in [3.8, 4) is 0 Å². The second kappa shape index (κ2) is 9.80. The lowest BCUT2D eigenvalue weighted by molar-refractivity contribution is 0.312. The number of hydrogen-bond acceptors (Lipinski definition) is 5. The number of likely N-dealkylation sites (N-methyl/N-ethyl adjacent to an activating group) is 1. The Balaban J connectivity index is 1.27. The van der Waals surface area contributed by atoms with Crippen molar-refractivity contribution in [2.24, 2.45) is 4.99 Å². The first kappa shape index (κ1) is 20.5. The summed E-state index contributed by atoms with van der Waals surface area (Å²) < 4.78 is 0. The van der Waals surface area contributed by atoms with Crippen LogP contribution in [-0.2, 0) is 6.54 Å². The molecule has 160 valence electrons. The highest BCUT2D eigenvalue weighted by Crippen LogP contribution is 2.16. The van der Waals surface area contributed by atoms with Gasteiger partial charge in [-0.2, -0.15) is 0 Å². The zero-order valence-electron chi connectivity index (χ0n) is 18.2. The van der Waals surface area contributed by atoms with Gasteiger partial charge >= 0.3 is 0 Å². The van der Waals surface area contributed by atoms with Gasteiger partial charge in [-0.1, -0.05) is 24.3 Å². The first-order valence-corrected chi connectivity index (χ1v) is 10.9. The predicted octanol–water partition coefficient (Wildman–Crippen LogP) is 1.73. The average molecular weight is 408 g/mol. The van der Waals surface area contributed by atoms with Crippen LogP contribution in [0.2, 0.25) is 0 Å². The van der Waals surface area contributed by atoms with Gasteiger partial charge in [0.2, 0.25) is 0 Å². The number of para-hydroxylation sites is 1. The standard InChI is InChI=1S/C23H33N7/c1-24-23(30-16-14-28(15-17-30)21-6-4-3-5-7-21)26-19-20-8-9-22(25-18-20)29-12-10-27(2)11-13-29/h3-9,18H,10-17,19H2,1-2H3,(H,24,26). The van der Waals surface area contributed by atoms with E-state index in [4.69, 9.17) is 4.98 Å². The maximum absolute atomic E-state index is 4.69. The Morgan fingerprint density at radius 1 is 0.900 bits per heavy atom. The second-order valence-electron chi connectivity index (χ2n) is 8.03. The Hall–Kier alpha value is -2.80. The molecule has 4 rings (SSSR count). The van der Waals surface area contributed by atoms with Gasteiger partial charge in [0.15, 0.2) is 5.96 Å². The molecule has 2 fully saturated rings. The number of aliphatic imine (C=N–C) groups is 1. The molecule has 0 amide bonds. The molecule has 2 aromatic rings. The number of hydrogen-bond donors (Lipinski definition) is 1. The number of nitrogens with zero attached hydrogens (tertiary/aromatic N) is 6. The highest BCUT2D eigenvalue weighted by atomic mass is 15.3. The normalized spacial score (nSPS) is 18.6. The monoisotopic (exact) mass is 407 g/mol. The topological polar surface area (TPSA) is 50.2 Å². The van der Waals surface area contributed by atoms with Gasteiger partial charge in [0.1, 0.15) is 5.82 Å². The number of benzene rings is 1. The molecule has 0 saturated carbocycles. The van der Waals surface area contributed by atoms with Crippen LogP contribution in [0, 0.1) is 0 Å². The fraction of sp³-hybridized carbons (Fsp3) is 0.478. The number of aromatic nitrogens is 1. The van der Waals surface area contributed by atoms with Crippen LogP contribution >= 0.6 is 0 Å². The number of rotatable bonds is 4. The molecule has 7 nitrogen and oxygen atoms in total. The van der Waals surface area contributed by atoms with Gasteiger partial charge in [-0.25, -0.2) is 4.98 Å². The van der Waals surface area contributed by atoms with Crippen LogP contribution in [0.3, 0.4) is 0 Å². The summed E-state index contributed by atoms with van der Waals surface area (Å²) in [6.07, 6.45) is 1.99. The third-order valence-electron chi connectivity index (χ3n) is 6.00. The Morgan fingerprint density at radius 2 is 1.60 bits per heavy atom. The summed E-state index contributed by atoms with van der Waals surface area (Å²) in [6.45, 7) is 8.97. The molecule has 2 aliphatic rings. The van der Waals surface area contributed by atoms with Crippen molar-refractivity contribution in [3.05, 3.63) is 54.2 Å². The van der Waals surface area contributed by atoms with Gasteiger partial charge in [-0.3, -0.25) is 4.99 Å². The van der Waals surface area contributed by atoms with E-state index in [0.29, 0.717) is 0 Å². The molecular formula is C23H33N7. The fourth-order valence-electron chi connectivity index (χ4n) is 4.07. The summed E-state index contributed by atoms with van der Waals surface area (Å²) in [5.74, 6) is 2.04. The highest BCUT2D eigenvalue weighted by Gasteiger charge is 2.20. The Labute approximate surface area is 180 Å². The molecule has 30 heavy (non-hydrogen) atoms. The summed E-state index contributed by atoms with van der Waals surface area (Å²) in [5, 5.41) is 3.51. The van der Waals surface area contributed by atoms with Gasteiger partial charge in [0.25, 0.3) is 0 Å². The quantitative estimate of drug-likeness (QED) is 0.615. The van der Waals surface area contributed by atoms with E-state index >= 15 is 0 Å². The van der Waals surface area contributed by atoms with Crippen molar-refractivity contribution in [1.82, 2.24) is 20.1 Å². The van der Waals surface area contributed by atoms with E-state index in [1.54, 1.807) is 0 Å². The van der Waals surface area contributed by atoms with Gasteiger partial charge in [0, 0.05) is 77.8 Å². The third kappa shape index (κ3) is 5.02. The van der Waals surface area contributed by atoms with Crippen molar-refractivity contribution >= 4 is 17.5 Å². The van der Waals surface area contributed by atoms with Gasteiger partial charge in [0.05, 0.1) is 0 Å². The summed E-state index contributed by atoms with van der Waals surface area (Å²) in [7, 11) is 4.04. The van der Waals surface area contributed by atoms with E-state index in [1.165, 1.54) is 11.3 Å². The molecule has 7 heteroatoms. The van der Waals surface area contributed by atoms with Crippen LogP contribution < -0.4 is 15.1 Å². The summed E-state index contributed by atoms with van der Waals surface area (Å²) in [5.41, 5.74) is 2.48. The zero-order chi connectivity index (χ0) is 20.8. The van der Waals surface area contributed by atoms with E-state index in [0.717, 1.165) is 70.7 Å². The highest BCUT2D eigenvalue weighted by molar-refractivity contribution is 5.80. The molecule has 0 spiro atoms. The molecule has 0 radical (unpaired) electrons. The van der Waals surface area contributed by atoms with Crippen LogP contribution in [0.5, 0.6) is 0 Å². The molecule has 2 saturated heterocycles. The zero-order valence-corrected chi connectivity index (χ0v) is 18.2. The molecule has 0 atom stereocenters. The van der Waals surface area contributed by atoms with Gasteiger partial charge in [-0.05, 0) is 30.8 Å². The fourth-order valence-corrected chi connectivity index (χ4v) is 4.07. The molecule has 0 bridgehead atoms. The van der Waals surface area contributed by atoms with E-state index in [1.807, 2.05) is 13.2 Å². The lowest BCUT2D eigenvalue weighted by atomic mass is 10.2. The van der Waals surface area contributed by atoms with Gasteiger partial charge < -0.3 is 24.9 Å². The summed E-state index contributed by atoms with van der Waals surface area (Å²) in [6, 6.07) is 15.0. The van der Waals surface area contributed by atoms with E-state index in [9.17, 15) is 0 Å². The number of piperazine rings is 2. The molecule has 1 N–H and O–H groups in total. The lowest BCUT2D eigenvalue weighted by Gasteiger charge is -2.37. The van der Waals surface area contributed by atoms with Crippen molar-refractivity contribution in [2.75, 3.05) is 76.3 Å². The van der Waals surface area contributed by atoms with Crippen LogP contribution in [-0.4, -0.2) is 87.2 Å². The van der Waals surface area contributed by atoms with Gasteiger partial charge in [-0.15, -0.1) is 0 Å². The summed E-state index contributed by atoms with van der Waals surface area (Å²) >= 11 is 0. The lowest BCUT2D eigenvalue weighted by Crippen LogP contribution is -2.52. The molecule has 2 aliphatic heterocycles. The van der Waals surface area contributed by atoms with Crippen LogP contribution in [0.1, 0.15) is 5.56 Å². The molecule has 0 aliphatic carbocycles.